The van der Waals surface area contributed by atoms with Crippen LogP contribution < -0.4 is 5.32 Å². The van der Waals surface area contributed by atoms with E-state index in [1.54, 1.807) is 17.7 Å². The maximum Gasteiger partial charge on any atom is 0.147 e. The van der Waals surface area contributed by atoms with E-state index < -0.39 is 0 Å². The van der Waals surface area contributed by atoms with Crippen molar-refractivity contribution in [3.63, 3.8) is 0 Å². The van der Waals surface area contributed by atoms with Crippen molar-refractivity contribution in [1.29, 1.82) is 0 Å². The van der Waals surface area contributed by atoms with E-state index in [2.05, 4.69) is 41.4 Å². The highest BCUT2D eigenvalue weighted by molar-refractivity contribution is 7.18. The number of fused-ring (bicyclic) bond motifs is 1. The number of hydrogen-bond acceptors (Lipinski definition) is 4. The van der Waals surface area contributed by atoms with Crippen LogP contribution in [0.15, 0.2) is 11.7 Å². The number of rotatable bonds is 4. The molecule has 2 aromatic heterocycles. The molecule has 2 aromatic rings. The molecule has 0 aliphatic rings. The van der Waals surface area contributed by atoms with Crippen LogP contribution in [0.25, 0.3) is 10.2 Å². The highest BCUT2D eigenvalue weighted by Gasteiger charge is 2.19. The van der Waals surface area contributed by atoms with Gasteiger partial charge in [-0.3, -0.25) is 0 Å². The summed E-state index contributed by atoms with van der Waals surface area (Å²) in [5.74, 6) is 1.54. The molecular formula is C12H16ClN3S. The second-order valence-electron chi connectivity index (χ2n) is 4.77. The van der Waals surface area contributed by atoms with Gasteiger partial charge >= 0.3 is 0 Å². The van der Waals surface area contributed by atoms with Gasteiger partial charge < -0.3 is 5.32 Å². The molecule has 0 radical (unpaired) electrons. The van der Waals surface area contributed by atoms with Gasteiger partial charge in [-0.05, 0) is 38.1 Å². The molecule has 0 unspecified atom stereocenters. The third kappa shape index (κ3) is 2.69. The summed E-state index contributed by atoms with van der Waals surface area (Å²) in [6, 6.07) is 0. The summed E-state index contributed by atoms with van der Waals surface area (Å²) in [4.78, 5) is 8.64. The monoisotopic (exact) mass is 269 g/mol. The summed E-state index contributed by atoms with van der Waals surface area (Å²) in [7, 11) is 0. The number of halogens is 1. The maximum absolute atomic E-state index is 5.80. The van der Waals surface area contributed by atoms with Crippen LogP contribution in [-0.4, -0.2) is 21.4 Å². The number of aromatic nitrogens is 2. The molecular weight excluding hydrogens is 254 g/mol. The van der Waals surface area contributed by atoms with E-state index in [0.29, 0.717) is 5.88 Å². The minimum Gasteiger partial charge on any atom is -0.364 e. The Bertz CT molecular complexity index is 521. The topological polar surface area (TPSA) is 37.8 Å². The van der Waals surface area contributed by atoms with Gasteiger partial charge in [-0.1, -0.05) is 0 Å². The minimum atomic E-state index is -0.0546. The molecule has 0 aliphatic heterocycles. The van der Waals surface area contributed by atoms with Crippen LogP contribution >= 0.6 is 22.9 Å². The van der Waals surface area contributed by atoms with E-state index >= 15 is 0 Å². The second kappa shape index (κ2) is 4.78. The van der Waals surface area contributed by atoms with E-state index in [4.69, 9.17) is 11.6 Å². The molecule has 5 heteroatoms. The van der Waals surface area contributed by atoms with E-state index in [9.17, 15) is 0 Å². The average Bonchev–Trinajstić information content (AvgIpc) is 2.61. The highest BCUT2D eigenvalue weighted by Crippen LogP contribution is 2.30. The number of aryl methyl sites for hydroxylation is 1. The quantitative estimate of drug-likeness (QED) is 0.858. The zero-order valence-corrected chi connectivity index (χ0v) is 11.8. The lowest BCUT2D eigenvalue weighted by Crippen LogP contribution is -2.31. The predicted octanol–water partition coefficient (Wildman–Crippen LogP) is 3.82. The molecule has 0 spiro atoms. The molecule has 0 fully saturated rings. The number of thiophene rings is 1. The summed E-state index contributed by atoms with van der Waals surface area (Å²) in [5, 5.41) is 5.56. The van der Waals surface area contributed by atoms with Crippen molar-refractivity contribution in [2.24, 2.45) is 0 Å². The molecule has 0 aromatic carbocycles. The van der Waals surface area contributed by atoms with Crippen LogP contribution in [0.3, 0.4) is 0 Å². The summed E-state index contributed by atoms with van der Waals surface area (Å²) >= 11 is 7.48. The van der Waals surface area contributed by atoms with E-state index in [1.165, 1.54) is 5.56 Å². The van der Waals surface area contributed by atoms with Crippen LogP contribution in [0.5, 0.6) is 0 Å². The summed E-state index contributed by atoms with van der Waals surface area (Å²) < 4.78 is 1.12. The number of anilines is 1. The Labute approximate surface area is 110 Å². The Balaban J connectivity index is 2.36. The van der Waals surface area contributed by atoms with E-state index in [0.717, 1.165) is 22.5 Å². The fourth-order valence-corrected chi connectivity index (χ4v) is 3.10. The first-order valence-corrected chi connectivity index (χ1v) is 6.98. The van der Waals surface area contributed by atoms with Gasteiger partial charge in [0.25, 0.3) is 0 Å². The van der Waals surface area contributed by atoms with Gasteiger partial charge in [0, 0.05) is 11.4 Å². The third-order valence-corrected chi connectivity index (χ3v) is 3.99. The van der Waals surface area contributed by atoms with Gasteiger partial charge in [-0.2, -0.15) is 0 Å². The Morgan fingerprint density at radius 2 is 2.18 bits per heavy atom. The molecule has 17 heavy (non-hydrogen) atoms. The molecule has 2 heterocycles. The van der Waals surface area contributed by atoms with Crippen molar-refractivity contribution in [3.05, 3.63) is 17.3 Å². The van der Waals surface area contributed by atoms with Crippen LogP contribution in [0.4, 0.5) is 5.82 Å². The van der Waals surface area contributed by atoms with Crippen LogP contribution in [0, 0.1) is 6.92 Å². The molecule has 0 saturated carbocycles. The molecule has 0 saturated heterocycles. The Kier molecular flexibility index (Phi) is 3.54. The van der Waals surface area contributed by atoms with Crippen molar-refractivity contribution in [3.8, 4) is 0 Å². The molecule has 2 rings (SSSR count). The lowest BCUT2D eigenvalue weighted by molar-refractivity contribution is 0.549. The van der Waals surface area contributed by atoms with Crippen LogP contribution in [0.1, 0.15) is 25.8 Å². The number of hydrogen-bond donors (Lipinski definition) is 1. The van der Waals surface area contributed by atoms with Gasteiger partial charge in [0.2, 0.25) is 0 Å². The van der Waals surface area contributed by atoms with E-state index in [1.807, 2.05) is 0 Å². The zero-order chi connectivity index (χ0) is 12.5. The Hall–Kier alpha value is -0.870. The normalized spacial score (nSPS) is 12.0. The van der Waals surface area contributed by atoms with Gasteiger partial charge in [0.15, 0.2) is 0 Å². The molecule has 0 aliphatic carbocycles. The van der Waals surface area contributed by atoms with Crippen molar-refractivity contribution in [1.82, 2.24) is 9.97 Å². The van der Waals surface area contributed by atoms with Crippen molar-refractivity contribution in [2.45, 2.75) is 32.7 Å². The fourth-order valence-electron chi connectivity index (χ4n) is 1.68. The van der Waals surface area contributed by atoms with Gasteiger partial charge in [-0.15, -0.1) is 22.9 Å². The largest absolute Gasteiger partial charge is 0.364 e. The smallest absolute Gasteiger partial charge is 0.147 e. The third-order valence-electron chi connectivity index (χ3n) is 2.71. The first-order valence-electron chi connectivity index (χ1n) is 5.56. The van der Waals surface area contributed by atoms with Crippen molar-refractivity contribution in [2.75, 3.05) is 11.2 Å². The first-order chi connectivity index (χ1) is 8.03. The van der Waals surface area contributed by atoms with E-state index in [-0.39, 0.29) is 5.54 Å². The van der Waals surface area contributed by atoms with Crippen LogP contribution in [0.2, 0.25) is 0 Å². The SMILES string of the molecule is Cc1csc2c(NC(C)(C)CCCl)ncnc12. The number of alkyl halides is 1. The average molecular weight is 270 g/mol. The standard InChI is InChI=1S/C12H16ClN3S/c1-8-6-17-10-9(8)14-7-15-11(10)16-12(2,3)4-5-13/h6-7H,4-5H2,1-3H3,(H,14,15,16). The van der Waals surface area contributed by atoms with Crippen molar-refractivity contribution < 1.29 is 0 Å². The predicted molar refractivity (Wildman–Crippen MR) is 75.2 cm³/mol. The fraction of sp³-hybridized carbons (Fsp3) is 0.500. The molecule has 1 N–H and O–H groups in total. The molecule has 0 atom stereocenters. The summed E-state index contributed by atoms with van der Waals surface area (Å²) in [5.41, 5.74) is 2.18. The number of nitrogens with zero attached hydrogens (tertiary/aromatic N) is 2. The minimum absolute atomic E-state index is 0.0546. The van der Waals surface area contributed by atoms with Gasteiger partial charge in [0.1, 0.15) is 12.1 Å². The molecule has 0 amide bonds. The van der Waals surface area contributed by atoms with Gasteiger partial charge in [0.05, 0.1) is 10.2 Å². The first kappa shape index (κ1) is 12.6. The highest BCUT2D eigenvalue weighted by atomic mass is 35.5. The van der Waals surface area contributed by atoms with Gasteiger partial charge in [-0.25, -0.2) is 9.97 Å². The lowest BCUT2D eigenvalue weighted by atomic mass is 10.0. The van der Waals surface area contributed by atoms with Crippen molar-refractivity contribution >= 4 is 39.0 Å². The maximum atomic E-state index is 5.80. The lowest BCUT2D eigenvalue weighted by Gasteiger charge is -2.26. The van der Waals surface area contributed by atoms with Crippen LogP contribution in [-0.2, 0) is 0 Å². The summed E-state index contributed by atoms with van der Waals surface area (Å²) in [6.07, 6.45) is 2.51. The molecule has 3 nitrogen and oxygen atoms in total. The zero-order valence-electron chi connectivity index (χ0n) is 10.2. The summed E-state index contributed by atoms with van der Waals surface area (Å²) in [6.45, 7) is 6.33. The number of nitrogens with one attached hydrogen (secondary N) is 1. The Morgan fingerprint density at radius 1 is 1.41 bits per heavy atom. The molecule has 92 valence electrons. The second-order valence-corrected chi connectivity index (χ2v) is 6.02. The molecule has 0 bridgehead atoms. The Morgan fingerprint density at radius 3 is 2.88 bits per heavy atom.